The highest BCUT2D eigenvalue weighted by Gasteiger charge is 2.21. The summed E-state index contributed by atoms with van der Waals surface area (Å²) in [5.41, 5.74) is 12.2. The van der Waals surface area contributed by atoms with Crippen molar-refractivity contribution in [3.63, 3.8) is 0 Å². The van der Waals surface area contributed by atoms with Crippen LogP contribution < -0.4 is 29.3 Å². The van der Waals surface area contributed by atoms with Crippen LogP contribution in [-0.2, 0) is 0 Å². The van der Waals surface area contributed by atoms with Gasteiger partial charge in [-0.2, -0.15) is 0 Å². The van der Waals surface area contributed by atoms with Crippen LogP contribution in [0.25, 0.3) is 64.0 Å². The first-order valence-corrected chi connectivity index (χ1v) is 22.7. The molecule has 324 valence electrons. The van der Waals surface area contributed by atoms with Crippen molar-refractivity contribution >= 4 is 41.4 Å². The van der Waals surface area contributed by atoms with Gasteiger partial charge in [0.1, 0.15) is 18.9 Å². The summed E-state index contributed by atoms with van der Waals surface area (Å²) in [4.78, 5) is 9.24. The minimum atomic E-state index is -3.17. The molecule has 0 saturated heterocycles. The molecular weight excluding hydrogens is 835 g/mol. The van der Waals surface area contributed by atoms with Crippen molar-refractivity contribution in [2.24, 2.45) is 0 Å². The molecule has 0 atom stereocenters. The lowest BCUT2D eigenvalue weighted by molar-refractivity contribution is -0.366. The van der Waals surface area contributed by atoms with E-state index in [2.05, 4.69) is 196 Å². The zero-order chi connectivity index (χ0) is 45.4. The van der Waals surface area contributed by atoms with Gasteiger partial charge in [0.2, 0.25) is 42.2 Å². The fourth-order valence-corrected chi connectivity index (χ4v) is 9.01. The molecular formula is C54H52BFN2O4S2. The van der Waals surface area contributed by atoms with Gasteiger partial charge in [-0.3, -0.25) is 0 Å². The maximum atomic E-state index is 9.89. The van der Waals surface area contributed by atoms with Gasteiger partial charge < -0.3 is 33.6 Å². The average Bonchev–Trinajstić information content (AvgIpc) is 3.32. The molecule has 0 fully saturated rings. The number of hydrogen-bond acceptors (Lipinski definition) is 6. The zero-order valence-electron chi connectivity index (χ0n) is 37.0. The maximum Gasteiger partial charge on any atom is 0.239 e. The number of anilines is 2. The number of nitrogens with zero attached hydrogens (tertiary/aromatic N) is 2. The first-order chi connectivity index (χ1) is 31.0. The largest absolute Gasteiger partial charge is 0.867 e. The third kappa shape index (κ3) is 13.3. The van der Waals surface area contributed by atoms with Crippen LogP contribution in [0.2, 0.25) is 0 Å². The first kappa shape index (κ1) is 47.1. The van der Waals surface area contributed by atoms with E-state index in [0.717, 1.165) is 11.5 Å². The standard InChI is InChI=1S/2C27H26NOS.BFO2/c2*1-4-29-25-16-12-22(13-17-25)27-19-23(20-10-14-24(15-11-20)28(2)3)18-26(30-27)21-8-6-5-7-9-21;2-1(3)4/h2*5-19H,4H2,1-3H3;/q2*+1;-2. The van der Waals surface area contributed by atoms with Gasteiger partial charge >= 0.3 is 0 Å². The van der Waals surface area contributed by atoms with E-state index < -0.39 is 7.40 Å². The van der Waals surface area contributed by atoms with Crippen LogP contribution in [0, 0.1) is 0 Å². The lowest BCUT2D eigenvalue weighted by atomic mass is 10.0. The molecule has 0 amide bonds. The molecule has 0 bridgehead atoms. The summed E-state index contributed by atoms with van der Waals surface area (Å²) in [6.45, 7) is 5.37. The maximum absolute atomic E-state index is 9.89. The smallest absolute Gasteiger partial charge is 0.239 e. The summed E-state index contributed by atoms with van der Waals surface area (Å²) < 4.78 is 21.1. The fourth-order valence-electron chi connectivity index (χ4n) is 6.78. The molecule has 0 spiro atoms. The van der Waals surface area contributed by atoms with Gasteiger partial charge in [0.05, 0.1) is 13.2 Å². The zero-order valence-corrected chi connectivity index (χ0v) is 38.7. The molecule has 0 unspecified atom stereocenters. The van der Waals surface area contributed by atoms with Crippen LogP contribution >= 0.6 is 22.7 Å². The molecule has 0 N–H and O–H groups in total. The van der Waals surface area contributed by atoms with Crippen molar-refractivity contribution in [2.45, 2.75) is 13.8 Å². The molecule has 0 saturated carbocycles. The number of benzene rings is 6. The molecule has 8 rings (SSSR count). The van der Waals surface area contributed by atoms with Gasteiger partial charge in [0, 0.05) is 86.1 Å². The third-order valence-electron chi connectivity index (χ3n) is 10.0. The van der Waals surface area contributed by atoms with Gasteiger partial charge in [-0.05, 0) is 133 Å². The predicted octanol–water partition coefficient (Wildman–Crippen LogP) is 12.7. The summed E-state index contributed by atoms with van der Waals surface area (Å²) in [5, 5.41) is 16.6. The monoisotopic (exact) mass is 886 g/mol. The van der Waals surface area contributed by atoms with Crippen LogP contribution in [0.5, 0.6) is 11.5 Å². The van der Waals surface area contributed by atoms with Gasteiger partial charge in [-0.15, -0.1) is 0 Å². The van der Waals surface area contributed by atoms with E-state index in [4.69, 9.17) is 19.5 Å². The van der Waals surface area contributed by atoms with E-state index in [0.29, 0.717) is 13.2 Å². The van der Waals surface area contributed by atoms with Gasteiger partial charge in [-0.25, -0.2) is 0 Å². The first-order valence-electron chi connectivity index (χ1n) is 21.1. The van der Waals surface area contributed by atoms with Crippen LogP contribution in [0.1, 0.15) is 13.8 Å². The molecule has 10 heteroatoms. The highest BCUT2D eigenvalue weighted by molar-refractivity contribution is 7.18. The number of rotatable bonds is 12. The summed E-state index contributed by atoms with van der Waals surface area (Å²) in [5.74, 6) is 1.81. The third-order valence-corrected chi connectivity index (χ3v) is 12.3. The van der Waals surface area contributed by atoms with Crippen molar-refractivity contribution in [3.8, 4) is 75.5 Å². The quantitative estimate of drug-likeness (QED) is 0.0899. The Morgan fingerprint density at radius 2 is 0.672 bits per heavy atom. The normalized spacial score (nSPS) is 10.4. The molecule has 6 aromatic carbocycles. The number of ether oxygens (including phenoxy) is 2. The van der Waals surface area contributed by atoms with Gasteiger partial charge in [0.15, 0.2) is 0 Å². The number of halogens is 1. The van der Waals surface area contributed by atoms with E-state index in [9.17, 15) is 4.32 Å². The Kier molecular flexibility index (Phi) is 17.1. The molecule has 6 nitrogen and oxygen atoms in total. The Bertz CT molecular complexity index is 2460. The molecule has 0 aliphatic heterocycles. The summed E-state index contributed by atoms with van der Waals surface area (Å²) in [7, 11) is 5.10. The minimum absolute atomic E-state index is 0.679. The second-order valence-corrected chi connectivity index (χ2v) is 17.1. The molecule has 64 heavy (non-hydrogen) atoms. The fraction of sp³-hybridized carbons (Fsp3) is 0.148. The summed E-state index contributed by atoms with van der Waals surface area (Å²) >= 11 is 3.63. The molecule has 2 aromatic heterocycles. The van der Waals surface area contributed by atoms with Crippen molar-refractivity contribution in [3.05, 3.63) is 182 Å². The van der Waals surface area contributed by atoms with E-state index in [1.165, 1.54) is 75.4 Å². The SMILES string of the molecule is CCOc1ccc(-c2cc(-c3ccc(N(C)C)cc3)cc(-c3ccccc3)[s+]2)cc1.CCOc1ccc(-c2cc(-c3ccc(N(C)C)cc3)cc(-c3ccccc3)[s+]2)cc1.[O-]B([O-])F. The van der Waals surface area contributed by atoms with E-state index >= 15 is 0 Å². The molecule has 2 heterocycles. The molecule has 0 radical (unpaired) electrons. The summed E-state index contributed by atoms with van der Waals surface area (Å²) in [6, 6.07) is 64.6. The Morgan fingerprint density at radius 3 is 0.938 bits per heavy atom. The Hall–Kier alpha value is -6.43. The van der Waals surface area contributed by atoms with E-state index in [-0.39, 0.29) is 0 Å². The highest BCUT2D eigenvalue weighted by atomic mass is 32.1. The summed E-state index contributed by atoms with van der Waals surface area (Å²) in [6.07, 6.45) is 0. The average molecular weight is 887 g/mol. The van der Waals surface area contributed by atoms with Crippen molar-refractivity contribution in [1.82, 2.24) is 0 Å². The van der Waals surface area contributed by atoms with Crippen molar-refractivity contribution in [2.75, 3.05) is 51.2 Å². The van der Waals surface area contributed by atoms with E-state index in [1.54, 1.807) is 0 Å². The molecule has 0 aliphatic rings. The van der Waals surface area contributed by atoms with Crippen LogP contribution in [0.4, 0.5) is 15.7 Å². The predicted molar refractivity (Wildman–Crippen MR) is 268 cm³/mol. The van der Waals surface area contributed by atoms with E-state index in [1.807, 2.05) is 60.8 Å². The Labute approximate surface area is 386 Å². The van der Waals surface area contributed by atoms with Gasteiger partial charge in [-0.1, -0.05) is 60.7 Å². The number of hydrogen-bond donors (Lipinski definition) is 0. The van der Waals surface area contributed by atoms with Crippen molar-refractivity contribution < 1.29 is 23.8 Å². The topological polar surface area (TPSA) is 71.1 Å². The van der Waals surface area contributed by atoms with Crippen LogP contribution in [0.3, 0.4) is 0 Å². The second-order valence-electron chi connectivity index (χ2n) is 15.0. The molecule has 0 aliphatic carbocycles. The lowest BCUT2D eigenvalue weighted by Gasteiger charge is -2.12. The lowest BCUT2D eigenvalue weighted by Crippen LogP contribution is -2.39. The highest BCUT2D eigenvalue weighted by Crippen LogP contribution is 2.40. The van der Waals surface area contributed by atoms with Crippen molar-refractivity contribution in [1.29, 1.82) is 0 Å². The van der Waals surface area contributed by atoms with Crippen LogP contribution in [0.15, 0.2) is 182 Å². The van der Waals surface area contributed by atoms with Gasteiger partial charge in [0.25, 0.3) is 0 Å². The Morgan fingerprint density at radius 1 is 0.406 bits per heavy atom. The molecule has 8 aromatic rings. The van der Waals surface area contributed by atoms with Crippen LogP contribution in [-0.4, -0.2) is 48.8 Å². The second kappa shape index (κ2) is 23.3. The minimum Gasteiger partial charge on any atom is -0.867 e. The Balaban J connectivity index is 0.000000196.